The summed E-state index contributed by atoms with van der Waals surface area (Å²) < 4.78 is 56.7. The van der Waals surface area contributed by atoms with E-state index in [1.807, 2.05) is 0 Å². The minimum Gasteiger partial charge on any atom is -0.478 e. The third kappa shape index (κ3) is 3.73. The number of carboxylic acid groups (broad SMARTS) is 1. The molecule has 1 atom stereocenters. The summed E-state index contributed by atoms with van der Waals surface area (Å²) >= 11 is 0. The van der Waals surface area contributed by atoms with Gasteiger partial charge in [0.25, 0.3) is 0 Å². The highest BCUT2D eigenvalue weighted by atomic mass is 32.2. The minimum absolute atomic E-state index is 0.348. The maximum atomic E-state index is 13.6. The first-order valence-electron chi connectivity index (χ1n) is 5.42. The average molecular weight is 323 g/mol. The van der Waals surface area contributed by atoms with Crippen LogP contribution in [0.4, 0.5) is 8.78 Å². The molecule has 0 spiro atoms. The van der Waals surface area contributed by atoms with E-state index in [0.717, 1.165) is 14.0 Å². The van der Waals surface area contributed by atoms with Crippen LogP contribution in [0, 0.1) is 11.6 Å². The van der Waals surface area contributed by atoms with E-state index in [-0.39, 0.29) is 0 Å². The third-order valence-electron chi connectivity index (χ3n) is 2.42. The van der Waals surface area contributed by atoms with E-state index in [9.17, 15) is 26.8 Å². The molecule has 0 unspecified atom stereocenters. The van der Waals surface area contributed by atoms with Gasteiger partial charge in [0, 0.05) is 0 Å². The normalized spacial score (nSPS) is 12.8. The van der Waals surface area contributed by atoms with E-state index in [2.05, 4.69) is 4.74 Å². The van der Waals surface area contributed by atoms with Gasteiger partial charge in [-0.25, -0.2) is 22.0 Å². The number of nitrogens with one attached hydrogen (secondary N) is 1. The van der Waals surface area contributed by atoms with Crippen LogP contribution in [0.5, 0.6) is 0 Å². The molecule has 0 aromatic heterocycles. The first kappa shape index (κ1) is 17.0. The molecule has 0 aliphatic carbocycles. The van der Waals surface area contributed by atoms with E-state index in [1.165, 1.54) is 0 Å². The molecule has 0 fully saturated rings. The van der Waals surface area contributed by atoms with Crippen molar-refractivity contribution in [2.75, 3.05) is 7.11 Å². The monoisotopic (exact) mass is 323 g/mol. The van der Waals surface area contributed by atoms with E-state index in [0.29, 0.717) is 12.1 Å². The van der Waals surface area contributed by atoms with E-state index >= 15 is 0 Å². The number of benzene rings is 1. The Labute approximate surface area is 118 Å². The molecule has 10 heteroatoms. The van der Waals surface area contributed by atoms with E-state index in [4.69, 9.17) is 5.11 Å². The lowest BCUT2D eigenvalue weighted by Crippen LogP contribution is -2.39. The molecular formula is C11H11F2NO6S. The van der Waals surface area contributed by atoms with Crippen molar-refractivity contribution < 1.29 is 36.6 Å². The lowest BCUT2D eigenvalue weighted by molar-refractivity contribution is -0.142. The lowest BCUT2D eigenvalue weighted by Gasteiger charge is -2.13. The second-order valence-electron chi connectivity index (χ2n) is 3.94. The second kappa shape index (κ2) is 6.14. The van der Waals surface area contributed by atoms with Crippen molar-refractivity contribution in [2.24, 2.45) is 0 Å². The fraction of sp³-hybridized carbons (Fsp3) is 0.273. The molecule has 0 heterocycles. The number of ether oxygens (including phenoxy) is 1. The zero-order valence-electron chi connectivity index (χ0n) is 10.9. The number of carbonyl (C=O) groups excluding carboxylic acids is 1. The number of carboxylic acids is 1. The Morgan fingerprint density at radius 3 is 2.38 bits per heavy atom. The topological polar surface area (TPSA) is 110 Å². The molecule has 0 radical (unpaired) electrons. The quantitative estimate of drug-likeness (QED) is 0.764. The summed E-state index contributed by atoms with van der Waals surface area (Å²) in [7, 11) is -3.64. The molecular weight excluding hydrogens is 312 g/mol. The maximum Gasteiger partial charge on any atom is 0.335 e. The van der Waals surface area contributed by atoms with Crippen LogP contribution in [0.15, 0.2) is 17.0 Å². The standard InChI is InChI=1S/C11H11F2NO6S/c1-5(11(17)20-2)14-21(18,19)8-4-6(10(15)16)3-7(12)9(8)13/h3-5,14H,1-2H3,(H,15,16)/t5-/m0/s1. The van der Waals surface area contributed by atoms with Gasteiger partial charge in [0.15, 0.2) is 11.6 Å². The summed E-state index contributed by atoms with van der Waals surface area (Å²) in [6.07, 6.45) is 0. The number of rotatable bonds is 5. The van der Waals surface area contributed by atoms with Gasteiger partial charge in [-0.15, -0.1) is 0 Å². The molecule has 2 N–H and O–H groups in total. The first-order valence-corrected chi connectivity index (χ1v) is 6.91. The summed E-state index contributed by atoms with van der Waals surface area (Å²) in [6, 6.07) is -0.566. The van der Waals surface area contributed by atoms with Gasteiger partial charge >= 0.3 is 11.9 Å². The highest BCUT2D eigenvalue weighted by Gasteiger charge is 2.28. The Hall–Kier alpha value is -2.07. The van der Waals surface area contributed by atoms with Crippen LogP contribution in [0.1, 0.15) is 17.3 Å². The SMILES string of the molecule is COC(=O)[C@H](C)NS(=O)(=O)c1cc(C(=O)O)cc(F)c1F. The number of aromatic carboxylic acids is 1. The van der Waals surface area contributed by atoms with Crippen molar-refractivity contribution in [1.82, 2.24) is 4.72 Å². The van der Waals surface area contributed by atoms with Crippen LogP contribution in [-0.4, -0.2) is 38.6 Å². The molecule has 0 saturated heterocycles. The third-order valence-corrected chi connectivity index (χ3v) is 3.96. The number of esters is 1. The van der Waals surface area contributed by atoms with Crippen LogP contribution in [0.3, 0.4) is 0 Å². The number of carbonyl (C=O) groups is 2. The molecule has 116 valence electrons. The molecule has 0 aliphatic rings. The molecule has 1 aromatic carbocycles. The van der Waals surface area contributed by atoms with Crippen LogP contribution >= 0.6 is 0 Å². The highest BCUT2D eigenvalue weighted by molar-refractivity contribution is 7.89. The zero-order chi connectivity index (χ0) is 16.4. The van der Waals surface area contributed by atoms with Crippen molar-refractivity contribution in [3.63, 3.8) is 0 Å². The molecule has 0 bridgehead atoms. The van der Waals surface area contributed by atoms with Crippen LogP contribution in [0.25, 0.3) is 0 Å². The number of hydrogen-bond donors (Lipinski definition) is 2. The number of hydrogen-bond acceptors (Lipinski definition) is 5. The molecule has 0 saturated carbocycles. The van der Waals surface area contributed by atoms with Crippen LogP contribution in [0.2, 0.25) is 0 Å². The largest absolute Gasteiger partial charge is 0.478 e. The predicted octanol–water partition coefficient (Wildman–Crippen LogP) is 0.503. The van der Waals surface area contributed by atoms with Crippen LogP contribution in [-0.2, 0) is 19.6 Å². The Bertz CT molecular complexity index is 688. The molecule has 0 aliphatic heterocycles. The summed E-state index contributed by atoms with van der Waals surface area (Å²) in [5.41, 5.74) is -0.750. The summed E-state index contributed by atoms with van der Waals surface area (Å²) in [5, 5.41) is 8.72. The van der Waals surface area contributed by atoms with Crippen molar-refractivity contribution >= 4 is 22.0 Å². The summed E-state index contributed by atoms with van der Waals surface area (Å²) in [6.45, 7) is 1.12. The smallest absolute Gasteiger partial charge is 0.335 e. The summed E-state index contributed by atoms with van der Waals surface area (Å²) in [4.78, 5) is 20.7. The molecule has 1 aromatic rings. The van der Waals surface area contributed by atoms with E-state index in [1.54, 1.807) is 4.72 Å². The first-order chi connectivity index (χ1) is 9.60. The number of methoxy groups -OCH3 is 1. The molecule has 1 rings (SSSR count). The Balaban J connectivity index is 3.31. The number of halogens is 2. The van der Waals surface area contributed by atoms with Crippen molar-refractivity contribution in [2.45, 2.75) is 17.9 Å². The molecule has 7 nitrogen and oxygen atoms in total. The highest BCUT2D eigenvalue weighted by Crippen LogP contribution is 2.20. The Kier molecular flexibility index (Phi) is 4.97. The number of sulfonamides is 1. The van der Waals surface area contributed by atoms with Crippen molar-refractivity contribution in [3.8, 4) is 0 Å². The Morgan fingerprint density at radius 2 is 1.90 bits per heavy atom. The second-order valence-corrected chi connectivity index (χ2v) is 5.62. The van der Waals surface area contributed by atoms with Gasteiger partial charge in [-0.2, -0.15) is 4.72 Å². The average Bonchev–Trinajstić information content (AvgIpc) is 2.39. The van der Waals surface area contributed by atoms with Crippen LogP contribution < -0.4 is 4.72 Å². The van der Waals surface area contributed by atoms with Gasteiger partial charge in [-0.3, -0.25) is 4.79 Å². The van der Waals surface area contributed by atoms with E-state index < -0.39 is 50.1 Å². The van der Waals surface area contributed by atoms with Crippen molar-refractivity contribution in [3.05, 3.63) is 29.3 Å². The van der Waals surface area contributed by atoms with Gasteiger partial charge < -0.3 is 9.84 Å². The van der Waals surface area contributed by atoms with Gasteiger partial charge in [-0.05, 0) is 19.1 Å². The fourth-order valence-corrected chi connectivity index (χ4v) is 2.71. The summed E-state index contributed by atoms with van der Waals surface area (Å²) in [5.74, 6) is -5.97. The molecule has 21 heavy (non-hydrogen) atoms. The van der Waals surface area contributed by atoms with Crippen molar-refractivity contribution in [1.29, 1.82) is 0 Å². The Morgan fingerprint density at radius 1 is 1.33 bits per heavy atom. The van der Waals surface area contributed by atoms with Gasteiger partial charge in [0.05, 0.1) is 12.7 Å². The lowest BCUT2D eigenvalue weighted by atomic mass is 10.2. The molecule has 0 amide bonds. The zero-order valence-corrected chi connectivity index (χ0v) is 11.7. The van der Waals surface area contributed by atoms with Gasteiger partial charge in [0.2, 0.25) is 10.0 Å². The predicted molar refractivity (Wildman–Crippen MR) is 65.1 cm³/mol. The van der Waals surface area contributed by atoms with Gasteiger partial charge in [-0.1, -0.05) is 0 Å². The fourth-order valence-electron chi connectivity index (χ4n) is 1.40. The minimum atomic E-state index is -4.65. The maximum absolute atomic E-state index is 13.6. The van der Waals surface area contributed by atoms with Gasteiger partial charge in [0.1, 0.15) is 10.9 Å².